The lowest BCUT2D eigenvalue weighted by molar-refractivity contribution is 0.250. The Kier molecular flexibility index (Phi) is 15.1. The van der Waals surface area contributed by atoms with Crippen LogP contribution in [0.25, 0.3) is 0 Å². The molecule has 2 heterocycles. The zero-order chi connectivity index (χ0) is 27.8. The minimum absolute atomic E-state index is 0.499. The number of rotatable bonds is 11. The third kappa shape index (κ3) is 11.7. The lowest BCUT2D eigenvalue weighted by Gasteiger charge is -2.36. The fourth-order valence-electron chi connectivity index (χ4n) is 3.92. The summed E-state index contributed by atoms with van der Waals surface area (Å²) < 4.78 is 5.19. The van der Waals surface area contributed by atoms with Gasteiger partial charge >= 0.3 is 0 Å². The summed E-state index contributed by atoms with van der Waals surface area (Å²) >= 11 is 1.73. The van der Waals surface area contributed by atoms with Crippen molar-refractivity contribution in [3.05, 3.63) is 101 Å². The van der Waals surface area contributed by atoms with Crippen LogP contribution >= 0.6 is 11.8 Å². The van der Waals surface area contributed by atoms with Crippen LogP contribution in [-0.4, -0.2) is 49.6 Å². The molecule has 0 spiro atoms. The van der Waals surface area contributed by atoms with Crippen molar-refractivity contribution in [1.82, 2.24) is 15.2 Å². The highest BCUT2D eigenvalue weighted by Gasteiger charge is 2.23. The Labute approximate surface area is 229 Å². The van der Waals surface area contributed by atoms with Crippen LogP contribution in [-0.2, 0) is 11.3 Å². The van der Waals surface area contributed by atoms with Gasteiger partial charge in [0.2, 0.25) is 0 Å². The number of pyridine rings is 1. The number of nitrogens with zero attached hydrogens (tertiary/aromatic N) is 3. The van der Waals surface area contributed by atoms with Crippen LogP contribution in [0.1, 0.15) is 46.1 Å². The van der Waals surface area contributed by atoms with Crippen LogP contribution in [0.4, 0.5) is 0 Å². The normalized spacial score (nSPS) is 14.5. The number of likely N-dealkylation sites (tertiary alicyclic amines) is 1. The second-order valence-electron chi connectivity index (χ2n) is 9.33. The van der Waals surface area contributed by atoms with Gasteiger partial charge in [0.1, 0.15) is 0 Å². The van der Waals surface area contributed by atoms with Gasteiger partial charge in [-0.25, -0.2) is 0 Å². The second kappa shape index (κ2) is 17.5. The molecule has 202 valence electrons. The fraction of sp³-hybridized carbons (Fsp3) is 0.419. The van der Waals surface area contributed by atoms with E-state index in [9.17, 15) is 0 Å². The molecule has 2 rings (SSSR count). The molecule has 0 radical (unpaired) electrons. The molecule has 5 nitrogen and oxygen atoms in total. The zero-order valence-corrected chi connectivity index (χ0v) is 24.8. The molecule has 0 unspecified atom stereocenters. The molecular formula is C31H46N4OS. The Hall–Kier alpha value is -2.99. The molecule has 6 heteroatoms. The molecule has 1 aromatic heterocycles. The molecule has 1 fully saturated rings. The van der Waals surface area contributed by atoms with E-state index in [-0.39, 0.29) is 0 Å². The monoisotopic (exact) mass is 522 g/mol. The van der Waals surface area contributed by atoms with Gasteiger partial charge in [0.25, 0.3) is 0 Å². The Balaban J connectivity index is 0.000000649. The van der Waals surface area contributed by atoms with Crippen LogP contribution in [0.3, 0.4) is 0 Å². The quantitative estimate of drug-likeness (QED) is 0.188. The molecule has 1 saturated heterocycles. The molecular weight excluding hydrogens is 476 g/mol. The van der Waals surface area contributed by atoms with Crippen molar-refractivity contribution < 1.29 is 4.74 Å². The van der Waals surface area contributed by atoms with Gasteiger partial charge in [0.05, 0.1) is 13.4 Å². The summed E-state index contributed by atoms with van der Waals surface area (Å²) in [5.41, 5.74) is 7.76. The molecule has 1 aliphatic rings. The van der Waals surface area contributed by atoms with Crippen molar-refractivity contribution in [3.8, 4) is 0 Å². The van der Waals surface area contributed by atoms with E-state index >= 15 is 0 Å². The Morgan fingerprint density at radius 3 is 2.35 bits per heavy atom. The van der Waals surface area contributed by atoms with Crippen LogP contribution in [0.15, 0.2) is 100 Å². The van der Waals surface area contributed by atoms with Gasteiger partial charge in [-0.15, -0.1) is 11.8 Å². The molecule has 0 amide bonds. The van der Waals surface area contributed by atoms with E-state index in [1.807, 2.05) is 25.4 Å². The van der Waals surface area contributed by atoms with E-state index in [1.54, 1.807) is 38.4 Å². The van der Waals surface area contributed by atoms with Crippen LogP contribution < -0.4 is 5.32 Å². The van der Waals surface area contributed by atoms with E-state index in [2.05, 4.69) is 79.1 Å². The number of allylic oxidation sites excluding steroid dienone is 6. The number of piperidine rings is 1. The van der Waals surface area contributed by atoms with E-state index in [1.165, 1.54) is 21.6 Å². The number of aliphatic imine (C=N–C) groups is 1. The average molecular weight is 523 g/mol. The fourth-order valence-corrected chi connectivity index (χ4v) is 4.54. The first-order chi connectivity index (χ1) is 17.6. The third-order valence-electron chi connectivity index (χ3n) is 6.06. The third-order valence-corrected chi connectivity index (χ3v) is 7.02. The van der Waals surface area contributed by atoms with E-state index < -0.39 is 0 Å². The van der Waals surface area contributed by atoms with E-state index in [0.29, 0.717) is 5.92 Å². The van der Waals surface area contributed by atoms with Gasteiger partial charge in [0, 0.05) is 67.2 Å². The van der Waals surface area contributed by atoms with Crippen molar-refractivity contribution >= 4 is 18.0 Å². The van der Waals surface area contributed by atoms with Gasteiger partial charge in [-0.1, -0.05) is 36.9 Å². The Morgan fingerprint density at radius 1 is 1.22 bits per heavy atom. The molecule has 0 bridgehead atoms. The summed E-state index contributed by atoms with van der Waals surface area (Å²) in [5.74, 6) is 0.499. The van der Waals surface area contributed by atoms with Crippen molar-refractivity contribution in [1.29, 1.82) is 0 Å². The largest absolute Gasteiger partial charge is 0.504 e. The van der Waals surface area contributed by atoms with Crippen molar-refractivity contribution in [3.63, 3.8) is 0 Å². The smallest absolute Gasteiger partial charge is 0.0920 e. The topological polar surface area (TPSA) is 49.8 Å². The number of ether oxygens (including phenoxy) is 1. The maximum atomic E-state index is 5.19. The molecule has 0 atom stereocenters. The van der Waals surface area contributed by atoms with Gasteiger partial charge in [-0.2, -0.15) is 0 Å². The van der Waals surface area contributed by atoms with Crippen molar-refractivity contribution in [2.75, 3.05) is 33.5 Å². The number of aromatic nitrogens is 1. The van der Waals surface area contributed by atoms with Gasteiger partial charge in [-0.3, -0.25) is 9.98 Å². The second-order valence-corrected chi connectivity index (χ2v) is 10.2. The maximum absolute atomic E-state index is 5.19. The number of hydrogen-bond donors (Lipinski definition) is 1. The Bertz CT molecular complexity index is 1010. The van der Waals surface area contributed by atoms with Gasteiger partial charge in [-0.05, 0) is 76.0 Å². The van der Waals surface area contributed by atoms with Crippen LogP contribution in [0.2, 0.25) is 0 Å². The molecule has 37 heavy (non-hydrogen) atoms. The summed E-state index contributed by atoms with van der Waals surface area (Å²) in [6, 6.07) is 4.03. The number of nitrogens with one attached hydrogen (secondary N) is 1. The molecule has 1 aromatic rings. The van der Waals surface area contributed by atoms with Gasteiger partial charge in [0.15, 0.2) is 0 Å². The molecule has 0 aliphatic carbocycles. The highest BCUT2D eigenvalue weighted by Crippen LogP contribution is 2.29. The first-order valence-corrected chi connectivity index (χ1v) is 13.8. The highest BCUT2D eigenvalue weighted by molar-refractivity contribution is 8.03. The van der Waals surface area contributed by atoms with E-state index in [4.69, 9.17) is 4.74 Å². The lowest BCUT2D eigenvalue weighted by Crippen LogP contribution is -2.34. The molecule has 1 N–H and O–H groups in total. The highest BCUT2D eigenvalue weighted by atomic mass is 32.2. The van der Waals surface area contributed by atoms with E-state index in [0.717, 1.165) is 55.0 Å². The summed E-state index contributed by atoms with van der Waals surface area (Å²) in [5, 5.41) is 3.44. The standard InChI is InChI=1S/C24H33N3O.C7H13NS/c1-18(2)24(17-28-6)21(5)27-12-9-23(10-13-27)19(3)14-20(4)26-16-22-8-7-11-25-15-22;1-6(2)7(9-4)5-8-3/h7-8,11,14-15,17,23,26H,1,3,5,9-10,12-13,16H2,2,4,6H3;5H,1-4H3/b20-14+,24-17+;. The number of hydrogen-bond acceptors (Lipinski definition) is 6. The van der Waals surface area contributed by atoms with Crippen molar-refractivity contribution in [2.24, 2.45) is 10.9 Å². The molecule has 0 aromatic carbocycles. The predicted octanol–water partition coefficient (Wildman–Crippen LogP) is 7.31. The Morgan fingerprint density at radius 2 is 1.89 bits per heavy atom. The van der Waals surface area contributed by atoms with Crippen LogP contribution in [0, 0.1) is 5.92 Å². The number of methoxy groups -OCH3 is 1. The summed E-state index contributed by atoms with van der Waals surface area (Å²) in [4.78, 5) is 11.7. The predicted molar refractivity (Wildman–Crippen MR) is 164 cm³/mol. The zero-order valence-electron chi connectivity index (χ0n) is 23.9. The maximum Gasteiger partial charge on any atom is 0.0920 e. The summed E-state index contributed by atoms with van der Waals surface area (Å²) in [7, 11) is 3.45. The van der Waals surface area contributed by atoms with Crippen LogP contribution in [0.5, 0.6) is 0 Å². The lowest BCUT2D eigenvalue weighted by atomic mass is 9.89. The summed E-state index contributed by atoms with van der Waals surface area (Å²) in [6.07, 6.45) is 13.7. The number of thioether (sulfide) groups is 1. The average Bonchev–Trinajstić information content (AvgIpc) is 2.89. The SMILES string of the molecule is C=C(C)/C(=C\OC)C(=C)N1CCC(C(=C)/C=C(\C)NCc2cccnc2)CC1.CN=CC(SC)=C(C)C. The van der Waals surface area contributed by atoms with Crippen molar-refractivity contribution in [2.45, 2.75) is 47.1 Å². The van der Waals surface area contributed by atoms with Gasteiger partial charge < -0.3 is 15.0 Å². The first-order valence-electron chi connectivity index (χ1n) is 12.6. The first kappa shape index (κ1) is 32.0. The summed E-state index contributed by atoms with van der Waals surface area (Å²) in [6.45, 7) is 23.6. The molecule has 0 saturated carbocycles. The minimum Gasteiger partial charge on any atom is -0.504 e. The minimum atomic E-state index is 0.499. The molecule has 1 aliphatic heterocycles.